The van der Waals surface area contributed by atoms with Gasteiger partial charge < -0.3 is 9.47 Å². The minimum atomic E-state index is -0.479. The molecule has 4 heteroatoms. The van der Waals surface area contributed by atoms with E-state index in [9.17, 15) is 9.59 Å². The summed E-state index contributed by atoms with van der Waals surface area (Å²) in [6, 6.07) is 0. The van der Waals surface area contributed by atoms with E-state index in [0.717, 1.165) is 19.3 Å². The first kappa shape index (κ1) is 11.0. The highest BCUT2D eigenvalue weighted by Crippen LogP contribution is 2.14. The van der Waals surface area contributed by atoms with Crippen molar-refractivity contribution in [3.8, 4) is 0 Å². The molecule has 80 valence electrons. The lowest BCUT2D eigenvalue weighted by atomic mass is 10.0. The van der Waals surface area contributed by atoms with Crippen LogP contribution in [-0.2, 0) is 19.1 Å². The van der Waals surface area contributed by atoms with Crippen molar-refractivity contribution in [2.45, 2.75) is 32.6 Å². The molecular formula is C10H16O4. The average molecular weight is 200 g/mol. The van der Waals surface area contributed by atoms with Crippen LogP contribution in [0.5, 0.6) is 0 Å². The van der Waals surface area contributed by atoms with E-state index in [2.05, 4.69) is 6.92 Å². The predicted octanol–water partition coefficient (Wildman–Crippen LogP) is 1.28. The van der Waals surface area contributed by atoms with Crippen molar-refractivity contribution < 1.29 is 19.1 Å². The Kier molecular flexibility index (Phi) is 4.43. The molecule has 1 saturated heterocycles. The molecule has 1 fully saturated rings. The van der Waals surface area contributed by atoms with Crippen molar-refractivity contribution in [3.63, 3.8) is 0 Å². The third-order valence-corrected chi connectivity index (χ3v) is 2.25. The fraction of sp³-hybridized carbons (Fsp3) is 0.800. The highest BCUT2D eigenvalue weighted by Gasteiger charge is 2.18. The van der Waals surface area contributed by atoms with Crippen LogP contribution in [0, 0.1) is 5.92 Å². The molecule has 1 aliphatic heterocycles. The van der Waals surface area contributed by atoms with Crippen LogP contribution in [0.2, 0.25) is 0 Å². The van der Waals surface area contributed by atoms with Crippen LogP contribution < -0.4 is 0 Å². The first-order valence-electron chi connectivity index (χ1n) is 5.03. The maximum Gasteiger partial charge on any atom is 0.317 e. The van der Waals surface area contributed by atoms with Gasteiger partial charge in [0, 0.05) is 0 Å². The minimum Gasteiger partial charge on any atom is -0.465 e. The molecule has 1 heterocycles. The summed E-state index contributed by atoms with van der Waals surface area (Å²) >= 11 is 0. The molecule has 0 amide bonds. The molecule has 0 aliphatic carbocycles. The van der Waals surface area contributed by atoms with Gasteiger partial charge in [-0.1, -0.05) is 13.3 Å². The number of carbonyl (C=O) groups excluding carboxylic acids is 2. The number of carbonyl (C=O) groups is 2. The summed E-state index contributed by atoms with van der Waals surface area (Å²) in [5.41, 5.74) is 0. The van der Waals surface area contributed by atoms with Gasteiger partial charge in [-0.25, -0.2) is 0 Å². The molecule has 0 bridgehead atoms. The quantitative estimate of drug-likeness (QED) is 0.497. The molecule has 0 N–H and O–H groups in total. The Bertz CT molecular complexity index is 212. The number of hydrogen-bond donors (Lipinski definition) is 0. The van der Waals surface area contributed by atoms with Gasteiger partial charge in [0.25, 0.3) is 0 Å². The van der Waals surface area contributed by atoms with Gasteiger partial charge in [-0.05, 0) is 18.8 Å². The Balaban J connectivity index is 2.45. The summed E-state index contributed by atoms with van der Waals surface area (Å²) in [4.78, 5) is 22.0. The summed E-state index contributed by atoms with van der Waals surface area (Å²) < 4.78 is 9.83. The zero-order chi connectivity index (χ0) is 10.4. The number of esters is 2. The van der Waals surface area contributed by atoms with Gasteiger partial charge in [-0.3, -0.25) is 9.59 Å². The van der Waals surface area contributed by atoms with Crippen LogP contribution in [0.25, 0.3) is 0 Å². The van der Waals surface area contributed by atoms with Crippen molar-refractivity contribution in [2.24, 2.45) is 5.92 Å². The van der Waals surface area contributed by atoms with Crippen LogP contribution in [0.1, 0.15) is 32.6 Å². The highest BCUT2D eigenvalue weighted by molar-refractivity contribution is 5.91. The molecule has 0 radical (unpaired) electrons. The molecule has 0 spiro atoms. The first-order chi connectivity index (χ1) is 6.72. The maximum atomic E-state index is 11.0. The third-order valence-electron chi connectivity index (χ3n) is 2.25. The standard InChI is InChI=1S/C10H16O4/c1-2-3-8-4-5-13-9(11)6-10(12)14-7-8/h8H,2-7H2,1H3. The fourth-order valence-electron chi connectivity index (χ4n) is 1.49. The number of rotatable bonds is 2. The summed E-state index contributed by atoms with van der Waals surface area (Å²) in [5.74, 6) is -0.625. The number of hydrogen-bond acceptors (Lipinski definition) is 4. The molecule has 1 atom stereocenters. The summed E-state index contributed by atoms with van der Waals surface area (Å²) in [7, 11) is 0. The van der Waals surface area contributed by atoms with Crippen molar-refractivity contribution in [3.05, 3.63) is 0 Å². The Morgan fingerprint density at radius 2 is 2.00 bits per heavy atom. The summed E-state index contributed by atoms with van der Waals surface area (Å²) in [6.07, 6.45) is 2.59. The van der Waals surface area contributed by atoms with Crippen LogP contribution >= 0.6 is 0 Å². The van der Waals surface area contributed by atoms with E-state index in [1.807, 2.05) is 0 Å². The molecule has 1 rings (SSSR count). The van der Waals surface area contributed by atoms with Crippen molar-refractivity contribution in [1.29, 1.82) is 0 Å². The van der Waals surface area contributed by atoms with E-state index in [0.29, 0.717) is 19.1 Å². The topological polar surface area (TPSA) is 52.6 Å². The highest BCUT2D eigenvalue weighted by atomic mass is 16.6. The summed E-state index contributed by atoms with van der Waals surface area (Å²) in [5, 5.41) is 0. The predicted molar refractivity (Wildman–Crippen MR) is 49.6 cm³/mol. The Hall–Kier alpha value is -1.06. The zero-order valence-corrected chi connectivity index (χ0v) is 8.45. The van der Waals surface area contributed by atoms with E-state index in [1.54, 1.807) is 0 Å². The normalized spacial score (nSPS) is 24.2. The lowest BCUT2D eigenvalue weighted by Gasteiger charge is -2.13. The van der Waals surface area contributed by atoms with Gasteiger partial charge >= 0.3 is 11.9 Å². The molecule has 0 aromatic rings. The van der Waals surface area contributed by atoms with Gasteiger partial charge in [0.1, 0.15) is 6.42 Å². The zero-order valence-electron chi connectivity index (χ0n) is 8.45. The number of ether oxygens (including phenoxy) is 2. The smallest absolute Gasteiger partial charge is 0.317 e. The lowest BCUT2D eigenvalue weighted by Crippen LogP contribution is -2.14. The van der Waals surface area contributed by atoms with Crippen molar-refractivity contribution in [1.82, 2.24) is 0 Å². The maximum absolute atomic E-state index is 11.0. The molecule has 0 aromatic heterocycles. The van der Waals surface area contributed by atoms with Crippen molar-refractivity contribution in [2.75, 3.05) is 13.2 Å². The molecule has 1 aliphatic rings. The first-order valence-corrected chi connectivity index (χ1v) is 5.03. The minimum absolute atomic E-state index is 0.251. The molecule has 1 unspecified atom stereocenters. The average Bonchev–Trinajstić information content (AvgIpc) is 2.19. The number of cyclic esters (lactones) is 2. The van der Waals surface area contributed by atoms with Gasteiger partial charge in [-0.2, -0.15) is 0 Å². The third kappa shape index (κ3) is 3.77. The Labute approximate surface area is 83.6 Å². The van der Waals surface area contributed by atoms with Crippen LogP contribution in [0.4, 0.5) is 0 Å². The van der Waals surface area contributed by atoms with Gasteiger partial charge in [-0.15, -0.1) is 0 Å². The van der Waals surface area contributed by atoms with E-state index < -0.39 is 11.9 Å². The second-order valence-electron chi connectivity index (χ2n) is 3.52. The second-order valence-corrected chi connectivity index (χ2v) is 3.52. The van der Waals surface area contributed by atoms with Gasteiger partial charge in [0.15, 0.2) is 0 Å². The van der Waals surface area contributed by atoms with E-state index >= 15 is 0 Å². The fourth-order valence-corrected chi connectivity index (χ4v) is 1.49. The molecule has 14 heavy (non-hydrogen) atoms. The molecule has 4 nitrogen and oxygen atoms in total. The summed E-state index contributed by atoms with van der Waals surface area (Å²) in [6.45, 7) is 2.91. The lowest BCUT2D eigenvalue weighted by molar-refractivity contribution is -0.153. The van der Waals surface area contributed by atoms with E-state index in [4.69, 9.17) is 9.47 Å². The van der Waals surface area contributed by atoms with Crippen LogP contribution in [0.3, 0.4) is 0 Å². The second kappa shape index (κ2) is 5.62. The van der Waals surface area contributed by atoms with Crippen LogP contribution in [-0.4, -0.2) is 25.2 Å². The van der Waals surface area contributed by atoms with Crippen LogP contribution in [0.15, 0.2) is 0 Å². The van der Waals surface area contributed by atoms with E-state index in [1.165, 1.54) is 0 Å². The van der Waals surface area contributed by atoms with Gasteiger partial charge in [0.2, 0.25) is 0 Å². The monoisotopic (exact) mass is 200 g/mol. The molecule has 0 saturated carbocycles. The Morgan fingerprint density at radius 1 is 1.29 bits per heavy atom. The molecule has 0 aromatic carbocycles. The van der Waals surface area contributed by atoms with Gasteiger partial charge in [0.05, 0.1) is 13.2 Å². The largest absolute Gasteiger partial charge is 0.465 e. The SMILES string of the molecule is CCCC1CCOC(=O)CC(=O)OC1. The van der Waals surface area contributed by atoms with Crippen molar-refractivity contribution >= 4 is 11.9 Å². The Morgan fingerprint density at radius 3 is 2.71 bits per heavy atom. The molecular weight excluding hydrogens is 184 g/mol. The van der Waals surface area contributed by atoms with E-state index in [-0.39, 0.29) is 6.42 Å².